The number of fused-ring (bicyclic) bond motifs is 3. The van der Waals surface area contributed by atoms with Crippen molar-refractivity contribution in [1.29, 1.82) is 0 Å². The van der Waals surface area contributed by atoms with Crippen LogP contribution in [0.4, 0.5) is 4.39 Å². The fraction of sp³-hybridized carbons (Fsp3) is 0.462. The summed E-state index contributed by atoms with van der Waals surface area (Å²) in [7, 11) is 0. The molecule has 0 aliphatic carbocycles. The number of Topliss-reactive ketones (excluding diaryl/α,β-unsaturated/α-hetero) is 1. The minimum atomic E-state index is -0.444. The number of carbonyl (C=O) groups excluding carboxylic acids is 1. The molecule has 3 fully saturated rings. The first-order valence-electron chi connectivity index (χ1n) is 6.11. The molecule has 0 aromatic heterocycles. The number of nitrogens with zero attached hydrogens (tertiary/aromatic N) is 2. The summed E-state index contributed by atoms with van der Waals surface area (Å²) < 4.78 is 14.3. The van der Waals surface area contributed by atoms with Gasteiger partial charge in [-0.05, 0) is 28.1 Å². The number of rotatable bonds is 2. The molecule has 96 valence electrons. The highest BCUT2D eigenvalue weighted by Crippen LogP contribution is 2.24. The van der Waals surface area contributed by atoms with Crippen molar-refractivity contribution in [3.63, 3.8) is 0 Å². The molecule has 0 amide bonds. The summed E-state index contributed by atoms with van der Waals surface area (Å²) in [5.74, 6) is -0.543. The molecule has 1 aromatic rings. The van der Waals surface area contributed by atoms with Crippen molar-refractivity contribution < 1.29 is 9.18 Å². The summed E-state index contributed by atoms with van der Waals surface area (Å²) in [5.41, 5.74) is 0.197. The molecule has 0 saturated carbocycles. The lowest BCUT2D eigenvalue weighted by atomic mass is 9.98. The molecule has 3 aliphatic heterocycles. The average Bonchev–Trinajstić information content (AvgIpc) is 2.42. The Kier molecular flexibility index (Phi) is 3.21. The van der Waals surface area contributed by atoms with Gasteiger partial charge < -0.3 is 0 Å². The molecular formula is C13H14BrFN2O. The normalized spacial score (nSPS) is 30.4. The van der Waals surface area contributed by atoms with E-state index in [1.807, 2.05) is 0 Å². The van der Waals surface area contributed by atoms with E-state index in [1.165, 1.54) is 0 Å². The third-order valence-corrected chi connectivity index (χ3v) is 4.41. The van der Waals surface area contributed by atoms with Crippen LogP contribution in [0.25, 0.3) is 0 Å². The van der Waals surface area contributed by atoms with Crippen LogP contribution in [0, 0.1) is 5.82 Å². The lowest BCUT2D eigenvalue weighted by Crippen LogP contribution is -2.63. The number of benzene rings is 1. The highest BCUT2D eigenvalue weighted by atomic mass is 79.9. The lowest BCUT2D eigenvalue weighted by molar-refractivity contribution is 0.0157. The molecule has 3 aliphatic rings. The van der Waals surface area contributed by atoms with Crippen molar-refractivity contribution in [3.05, 3.63) is 34.1 Å². The predicted molar refractivity (Wildman–Crippen MR) is 70.2 cm³/mol. The van der Waals surface area contributed by atoms with Gasteiger partial charge in [-0.15, -0.1) is 0 Å². The lowest BCUT2D eigenvalue weighted by Gasteiger charge is -2.46. The van der Waals surface area contributed by atoms with Gasteiger partial charge in [-0.1, -0.05) is 6.07 Å². The van der Waals surface area contributed by atoms with Crippen LogP contribution >= 0.6 is 15.9 Å². The van der Waals surface area contributed by atoms with Gasteiger partial charge in [-0.2, -0.15) is 0 Å². The third kappa shape index (κ3) is 2.00. The van der Waals surface area contributed by atoms with Crippen molar-refractivity contribution in [3.8, 4) is 0 Å². The van der Waals surface area contributed by atoms with Gasteiger partial charge in [0.15, 0.2) is 5.78 Å². The van der Waals surface area contributed by atoms with Crippen molar-refractivity contribution in [2.24, 2.45) is 0 Å². The quantitative estimate of drug-likeness (QED) is 0.778. The van der Waals surface area contributed by atoms with Gasteiger partial charge in [-0.25, -0.2) is 4.39 Å². The van der Waals surface area contributed by atoms with Gasteiger partial charge in [0, 0.05) is 32.7 Å². The van der Waals surface area contributed by atoms with Crippen molar-refractivity contribution in [2.45, 2.75) is 6.04 Å². The Hall–Kier alpha value is -0.780. The molecule has 1 unspecified atom stereocenters. The second-order valence-electron chi connectivity index (χ2n) is 4.82. The van der Waals surface area contributed by atoms with Crippen molar-refractivity contribution in [2.75, 3.05) is 32.7 Å². The van der Waals surface area contributed by atoms with Crippen LogP contribution in [0.5, 0.6) is 0 Å². The molecule has 0 radical (unpaired) electrons. The molecule has 3 heterocycles. The van der Waals surface area contributed by atoms with Gasteiger partial charge in [0.05, 0.1) is 16.1 Å². The molecule has 0 spiro atoms. The van der Waals surface area contributed by atoms with Crippen LogP contribution in [0.3, 0.4) is 0 Å². The van der Waals surface area contributed by atoms with Crippen LogP contribution in [-0.4, -0.2) is 54.3 Å². The molecule has 3 saturated heterocycles. The zero-order chi connectivity index (χ0) is 12.7. The van der Waals surface area contributed by atoms with E-state index in [2.05, 4.69) is 25.7 Å². The van der Waals surface area contributed by atoms with Crippen LogP contribution in [0.1, 0.15) is 10.4 Å². The Balaban J connectivity index is 1.88. The zero-order valence-corrected chi connectivity index (χ0v) is 11.5. The standard InChI is InChI=1S/C13H14BrFN2O/c14-10-3-1-2-9(12(10)15)13(18)11-8-16-4-6-17(11)7-5-16/h1-3,11H,4-8H2. The fourth-order valence-electron chi connectivity index (χ4n) is 2.74. The molecular weight excluding hydrogens is 299 g/mol. The predicted octanol–water partition coefficient (Wildman–Crippen LogP) is 1.77. The van der Waals surface area contributed by atoms with E-state index in [9.17, 15) is 9.18 Å². The van der Waals surface area contributed by atoms with E-state index in [4.69, 9.17) is 0 Å². The van der Waals surface area contributed by atoms with Crippen molar-refractivity contribution >= 4 is 21.7 Å². The number of carbonyl (C=O) groups is 1. The highest BCUT2D eigenvalue weighted by molar-refractivity contribution is 9.10. The minimum Gasteiger partial charge on any atom is -0.299 e. The summed E-state index contributed by atoms with van der Waals surface area (Å²) in [6, 6.07) is 4.71. The number of hydrogen-bond donors (Lipinski definition) is 0. The van der Waals surface area contributed by atoms with E-state index in [1.54, 1.807) is 18.2 Å². The van der Waals surface area contributed by atoms with Crippen LogP contribution in [-0.2, 0) is 0 Å². The maximum atomic E-state index is 13.9. The second-order valence-corrected chi connectivity index (χ2v) is 5.67. The van der Waals surface area contributed by atoms with Crippen LogP contribution in [0.15, 0.2) is 22.7 Å². The van der Waals surface area contributed by atoms with Crippen LogP contribution < -0.4 is 0 Å². The summed E-state index contributed by atoms with van der Waals surface area (Å²) in [6.45, 7) is 4.58. The smallest absolute Gasteiger partial charge is 0.184 e. The SMILES string of the molecule is O=C(c1cccc(Br)c1F)C1CN2CCN1CC2. The summed E-state index contributed by atoms with van der Waals surface area (Å²) >= 11 is 3.13. The molecule has 1 atom stereocenters. The van der Waals surface area contributed by atoms with Gasteiger partial charge >= 0.3 is 0 Å². The Morgan fingerprint density at radius 1 is 1.28 bits per heavy atom. The number of ketones is 1. The molecule has 1 aromatic carbocycles. The fourth-order valence-corrected chi connectivity index (χ4v) is 3.11. The second kappa shape index (κ2) is 4.72. The van der Waals surface area contributed by atoms with Gasteiger partial charge in [0.1, 0.15) is 5.82 Å². The minimum absolute atomic E-state index is 0.0989. The Morgan fingerprint density at radius 2 is 2.00 bits per heavy atom. The summed E-state index contributed by atoms with van der Waals surface area (Å²) in [4.78, 5) is 16.9. The monoisotopic (exact) mass is 312 g/mol. The van der Waals surface area contributed by atoms with E-state index in [0.717, 1.165) is 32.7 Å². The van der Waals surface area contributed by atoms with Crippen molar-refractivity contribution in [1.82, 2.24) is 9.80 Å². The highest BCUT2D eigenvalue weighted by Gasteiger charge is 2.37. The molecule has 2 bridgehead atoms. The van der Waals surface area contributed by atoms with E-state index < -0.39 is 5.82 Å². The maximum absolute atomic E-state index is 13.9. The third-order valence-electron chi connectivity index (χ3n) is 3.80. The van der Waals surface area contributed by atoms with Crippen LogP contribution in [0.2, 0.25) is 0 Å². The van der Waals surface area contributed by atoms with E-state index >= 15 is 0 Å². The first-order valence-corrected chi connectivity index (χ1v) is 6.91. The summed E-state index contributed by atoms with van der Waals surface area (Å²) in [6.07, 6.45) is 0. The maximum Gasteiger partial charge on any atom is 0.184 e. The Bertz CT molecular complexity index is 486. The summed E-state index contributed by atoms with van der Waals surface area (Å²) in [5, 5.41) is 0. The van der Waals surface area contributed by atoms with Gasteiger partial charge in [-0.3, -0.25) is 14.6 Å². The first-order chi connectivity index (χ1) is 8.66. The van der Waals surface area contributed by atoms with Gasteiger partial charge in [0.2, 0.25) is 0 Å². The molecule has 18 heavy (non-hydrogen) atoms. The Morgan fingerprint density at radius 3 is 2.61 bits per heavy atom. The molecule has 5 heteroatoms. The van der Waals surface area contributed by atoms with E-state index in [-0.39, 0.29) is 17.4 Å². The van der Waals surface area contributed by atoms with E-state index in [0.29, 0.717) is 4.47 Å². The van der Waals surface area contributed by atoms with Gasteiger partial charge in [0.25, 0.3) is 0 Å². The Labute approximate surface area is 114 Å². The topological polar surface area (TPSA) is 23.6 Å². The first kappa shape index (κ1) is 12.3. The number of piperazine rings is 3. The molecule has 3 nitrogen and oxygen atoms in total. The molecule has 4 rings (SSSR count). The zero-order valence-electron chi connectivity index (χ0n) is 9.90. The molecule has 0 N–H and O–H groups in total. The average molecular weight is 313 g/mol. The number of hydrogen-bond acceptors (Lipinski definition) is 3. The number of halogens is 2. The largest absolute Gasteiger partial charge is 0.299 e.